The Kier molecular flexibility index (Phi) is 20.1. The predicted molar refractivity (Wildman–Crippen MR) is 212 cm³/mol. The Morgan fingerprint density at radius 1 is 0.696 bits per heavy atom. The second kappa shape index (κ2) is 23.6. The number of nitro benzene ring substituents is 2. The van der Waals surface area contributed by atoms with E-state index >= 15 is 0 Å². The number of nitrogens with zero attached hydrogens (tertiary/aromatic N) is 2. The SMILES string of the molecule is CCc1cccc(C)c1C(=O)NC(Cc1ccc([N+](=O)[O-])cc1)C(=O)OC.CCc1cccc(C)c1C(=O)O.COC(=O)C(N)Cc1ccc([N+](=O)[O-])cc1.Cl. The van der Waals surface area contributed by atoms with Crippen LogP contribution < -0.4 is 11.1 Å². The van der Waals surface area contributed by atoms with Crippen LogP contribution in [0.15, 0.2) is 84.9 Å². The van der Waals surface area contributed by atoms with Gasteiger partial charge in [-0.25, -0.2) is 9.59 Å². The van der Waals surface area contributed by atoms with Gasteiger partial charge in [-0.2, -0.15) is 0 Å². The first-order valence-electron chi connectivity index (χ1n) is 17.2. The van der Waals surface area contributed by atoms with E-state index in [2.05, 4.69) is 10.1 Å². The van der Waals surface area contributed by atoms with Gasteiger partial charge in [-0.1, -0.05) is 74.5 Å². The van der Waals surface area contributed by atoms with Crippen LogP contribution in [0.1, 0.15) is 67.9 Å². The smallest absolute Gasteiger partial charge is 0.336 e. The lowest BCUT2D eigenvalue weighted by atomic mass is 9.98. The molecule has 4 aromatic carbocycles. The van der Waals surface area contributed by atoms with Gasteiger partial charge < -0.3 is 25.6 Å². The largest absolute Gasteiger partial charge is 0.478 e. The van der Waals surface area contributed by atoms with Gasteiger partial charge in [0.25, 0.3) is 17.3 Å². The normalized spacial score (nSPS) is 11.1. The maximum atomic E-state index is 12.8. The van der Waals surface area contributed by atoms with Gasteiger partial charge in [-0.3, -0.25) is 29.8 Å². The number of esters is 2. The number of aromatic carboxylic acids is 1. The summed E-state index contributed by atoms with van der Waals surface area (Å²) in [5.74, 6) is -2.25. The van der Waals surface area contributed by atoms with Crippen LogP contribution in [0, 0.1) is 34.1 Å². The maximum absolute atomic E-state index is 12.8. The molecule has 0 saturated carbocycles. The van der Waals surface area contributed by atoms with E-state index in [9.17, 15) is 39.4 Å². The molecule has 0 bridgehead atoms. The van der Waals surface area contributed by atoms with Crippen molar-refractivity contribution in [3.05, 3.63) is 150 Å². The molecular weight excluding hydrogens is 748 g/mol. The number of benzene rings is 4. The first-order valence-corrected chi connectivity index (χ1v) is 17.2. The summed E-state index contributed by atoms with van der Waals surface area (Å²) in [4.78, 5) is 67.0. The number of carboxylic acid groups (broad SMARTS) is 1. The number of non-ortho nitro benzene ring substituents is 2. The zero-order valence-electron chi connectivity index (χ0n) is 32.0. The monoisotopic (exact) mass is 794 g/mol. The lowest BCUT2D eigenvalue weighted by molar-refractivity contribution is -0.385. The number of carbonyl (C=O) groups is 4. The molecule has 56 heavy (non-hydrogen) atoms. The molecule has 0 heterocycles. The molecule has 0 fully saturated rings. The fraction of sp³-hybridized carbons (Fsp3) is 0.300. The van der Waals surface area contributed by atoms with E-state index in [1.807, 2.05) is 64.1 Å². The summed E-state index contributed by atoms with van der Waals surface area (Å²) in [5, 5.41) is 32.8. The zero-order valence-corrected chi connectivity index (χ0v) is 32.8. The minimum Gasteiger partial charge on any atom is -0.478 e. The Morgan fingerprint density at radius 2 is 1.11 bits per heavy atom. The van der Waals surface area contributed by atoms with E-state index in [-0.39, 0.29) is 36.1 Å². The lowest BCUT2D eigenvalue weighted by Gasteiger charge is -2.18. The molecule has 0 radical (unpaired) electrons. The van der Waals surface area contributed by atoms with Crippen LogP contribution in [0.2, 0.25) is 0 Å². The number of aryl methyl sites for hydroxylation is 4. The Balaban J connectivity index is 0.000000459. The number of nitrogens with one attached hydrogen (secondary N) is 1. The van der Waals surface area contributed by atoms with Crippen LogP contribution in [-0.2, 0) is 44.7 Å². The molecule has 15 nitrogen and oxygen atoms in total. The molecule has 1 amide bonds. The minimum absolute atomic E-state index is 0. The summed E-state index contributed by atoms with van der Waals surface area (Å²) < 4.78 is 9.28. The third-order valence-electron chi connectivity index (χ3n) is 8.41. The van der Waals surface area contributed by atoms with Crippen LogP contribution in [0.4, 0.5) is 11.4 Å². The average molecular weight is 795 g/mol. The third kappa shape index (κ3) is 14.2. The van der Waals surface area contributed by atoms with Crippen LogP contribution >= 0.6 is 12.4 Å². The Hall–Kier alpha value is -6.19. The number of nitro groups is 2. The summed E-state index contributed by atoms with van der Waals surface area (Å²) in [6, 6.07) is 21.3. The number of nitrogens with two attached hydrogens (primary N) is 1. The number of carbonyl (C=O) groups excluding carboxylic acids is 3. The molecule has 4 rings (SSSR count). The van der Waals surface area contributed by atoms with Crippen molar-refractivity contribution in [2.45, 2.75) is 65.5 Å². The fourth-order valence-corrected chi connectivity index (χ4v) is 5.48. The molecule has 0 aliphatic rings. The Morgan fingerprint density at radius 3 is 1.48 bits per heavy atom. The minimum atomic E-state index is -0.895. The first-order chi connectivity index (χ1) is 26.1. The van der Waals surface area contributed by atoms with Crippen molar-refractivity contribution >= 4 is 47.6 Å². The van der Waals surface area contributed by atoms with Gasteiger partial charge >= 0.3 is 17.9 Å². The van der Waals surface area contributed by atoms with Crippen molar-refractivity contribution in [3.8, 4) is 0 Å². The van der Waals surface area contributed by atoms with Gasteiger partial charge in [0.2, 0.25) is 0 Å². The van der Waals surface area contributed by atoms with E-state index in [0.717, 1.165) is 34.2 Å². The van der Waals surface area contributed by atoms with Gasteiger partial charge in [0.05, 0.1) is 29.6 Å². The molecule has 4 aromatic rings. The maximum Gasteiger partial charge on any atom is 0.336 e. The number of methoxy groups -OCH3 is 2. The average Bonchev–Trinajstić information content (AvgIpc) is 3.17. The van der Waals surface area contributed by atoms with Crippen LogP contribution in [0.25, 0.3) is 0 Å². The van der Waals surface area contributed by atoms with Crippen molar-refractivity contribution in [1.82, 2.24) is 5.32 Å². The van der Waals surface area contributed by atoms with Gasteiger partial charge in [-0.05, 0) is 66.5 Å². The lowest BCUT2D eigenvalue weighted by Crippen LogP contribution is -2.43. The Bertz CT molecular complexity index is 1970. The summed E-state index contributed by atoms with van der Waals surface area (Å²) in [6.07, 6.45) is 1.92. The zero-order chi connectivity index (χ0) is 41.2. The van der Waals surface area contributed by atoms with E-state index < -0.39 is 39.8 Å². The fourth-order valence-electron chi connectivity index (χ4n) is 5.48. The van der Waals surface area contributed by atoms with Gasteiger partial charge in [-0.15, -0.1) is 12.4 Å². The Labute approximate surface area is 330 Å². The van der Waals surface area contributed by atoms with Crippen LogP contribution in [0.5, 0.6) is 0 Å². The molecule has 0 saturated heterocycles. The topological polar surface area (TPSA) is 231 Å². The van der Waals surface area contributed by atoms with Crippen molar-refractivity contribution in [2.75, 3.05) is 14.2 Å². The summed E-state index contributed by atoms with van der Waals surface area (Å²) >= 11 is 0. The highest BCUT2D eigenvalue weighted by molar-refractivity contribution is 5.99. The first kappa shape index (κ1) is 47.8. The molecule has 2 atom stereocenters. The van der Waals surface area contributed by atoms with Crippen molar-refractivity contribution < 1.29 is 43.6 Å². The molecule has 300 valence electrons. The third-order valence-corrected chi connectivity index (χ3v) is 8.41. The molecule has 4 N–H and O–H groups in total. The van der Waals surface area contributed by atoms with E-state index in [0.29, 0.717) is 29.5 Å². The van der Waals surface area contributed by atoms with E-state index in [4.69, 9.17) is 15.6 Å². The second-order valence-corrected chi connectivity index (χ2v) is 12.2. The number of ether oxygens (including phenoxy) is 2. The summed E-state index contributed by atoms with van der Waals surface area (Å²) in [7, 11) is 2.51. The number of halogens is 1. The predicted octanol–water partition coefficient (Wildman–Crippen LogP) is 6.29. The highest BCUT2D eigenvalue weighted by Gasteiger charge is 2.25. The molecule has 2 unspecified atom stereocenters. The van der Waals surface area contributed by atoms with E-state index in [1.165, 1.54) is 38.5 Å². The highest BCUT2D eigenvalue weighted by atomic mass is 35.5. The van der Waals surface area contributed by atoms with Crippen molar-refractivity contribution in [3.63, 3.8) is 0 Å². The molecule has 16 heteroatoms. The summed E-state index contributed by atoms with van der Waals surface area (Å²) in [5.41, 5.74) is 11.4. The number of rotatable bonds is 13. The standard InChI is InChI=1S/C20H22N2O5.C10H12N2O4.C10H12O2.ClH/c1-4-15-7-5-6-13(2)18(15)19(23)21-17(20(24)27-3)12-14-8-10-16(11-9-14)22(25)26;1-16-10(13)9(11)6-7-2-4-8(5-3-7)12(14)15;1-3-8-6-4-5-7(2)9(8)10(11)12;/h5-11,17H,4,12H2,1-3H3,(H,21,23);2-5,9H,6,11H2,1H3;4-6H,3H2,1-2H3,(H,11,12);1H. The van der Waals surface area contributed by atoms with Crippen LogP contribution in [-0.4, -0.2) is 65.1 Å². The molecule has 0 aliphatic carbocycles. The number of hydrogen-bond acceptors (Lipinski definition) is 11. The summed E-state index contributed by atoms with van der Waals surface area (Å²) in [6.45, 7) is 7.58. The van der Waals surface area contributed by atoms with Crippen molar-refractivity contribution in [2.24, 2.45) is 5.73 Å². The molecule has 0 aromatic heterocycles. The van der Waals surface area contributed by atoms with Crippen LogP contribution in [0.3, 0.4) is 0 Å². The molecule has 0 spiro atoms. The van der Waals surface area contributed by atoms with Crippen molar-refractivity contribution in [1.29, 1.82) is 0 Å². The highest BCUT2D eigenvalue weighted by Crippen LogP contribution is 2.18. The van der Waals surface area contributed by atoms with Gasteiger partial charge in [0.15, 0.2) is 0 Å². The van der Waals surface area contributed by atoms with Gasteiger partial charge in [0.1, 0.15) is 12.1 Å². The number of hydrogen-bond donors (Lipinski definition) is 3. The van der Waals surface area contributed by atoms with E-state index in [1.54, 1.807) is 24.3 Å². The quantitative estimate of drug-likeness (QED) is 0.0770. The number of amides is 1. The molecule has 0 aliphatic heterocycles. The second-order valence-electron chi connectivity index (χ2n) is 12.2. The molecular formula is C40H47ClN4O11. The van der Waals surface area contributed by atoms with Gasteiger partial charge in [0, 0.05) is 36.2 Å². The number of carboxylic acids is 1.